The Morgan fingerprint density at radius 2 is 1.54 bits per heavy atom. The first kappa shape index (κ1) is 31.1. The summed E-state index contributed by atoms with van der Waals surface area (Å²) in [5, 5.41) is 7.19. The van der Waals surface area contributed by atoms with E-state index in [0.29, 0.717) is 12.5 Å². The molecule has 2 rings (SSSR count). The van der Waals surface area contributed by atoms with Gasteiger partial charge in [-0.3, -0.25) is 0 Å². The highest BCUT2D eigenvalue weighted by molar-refractivity contribution is 5.32. The zero-order chi connectivity index (χ0) is 27.9. The van der Waals surface area contributed by atoms with Crippen LogP contribution in [0.4, 0.5) is 0 Å². The van der Waals surface area contributed by atoms with Crippen LogP contribution in [0.2, 0.25) is 0 Å². The molecule has 5 nitrogen and oxygen atoms in total. The lowest BCUT2D eigenvalue weighted by Crippen LogP contribution is -2.42. The molecule has 0 saturated heterocycles. The van der Waals surface area contributed by atoms with Crippen LogP contribution >= 0.6 is 0 Å². The normalized spacial score (nSPS) is 13.9. The van der Waals surface area contributed by atoms with Crippen LogP contribution in [0.1, 0.15) is 100 Å². The van der Waals surface area contributed by atoms with E-state index < -0.39 is 0 Å². The van der Waals surface area contributed by atoms with Gasteiger partial charge in [-0.25, -0.2) is 4.98 Å². The molecule has 0 radical (unpaired) electrons. The van der Waals surface area contributed by atoms with Gasteiger partial charge in [-0.2, -0.15) is 0 Å². The van der Waals surface area contributed by atoms with Gasteiger partial charge in [0, 0.05) is 36.4 Å². The van der Waals surface area contributed by atoms with Crippen LogP contribution < -0.4 is 20.1 Å². The summed E-state index contributed by atoms with van der Waals surface area (Å²) in [7, 11) is 0. The Bertz CT molecular complexity index is 970. The molecule has 2 aromatic rings. The van der Waals surface area contributed by atoms with Crippen molar-refractivity contribution >= 4 is 0 Å². The number of ether oxygens (including phenoxy) is 2. The minimum Gasteiger partial charge on any atom is -0.492 e. The third-order valence-electron chi connectivity index (χ3n) is 6.81. The third-order valence-corrected chi connectivity index (χ3v) is 6.81. The van der Waals surface area contributed by atoms with E-state index in [9.17, 15) is 0 Å². The first-order valence-corrected chi connectivity index (χ1v) is 13.8. The van der Waals surface area contributed by atoms with Gasteiger partial charge in [-0.15, -0.1) is 0 Å². The maximum absolute atomic E-state index is 6.12. The second kappa shape index (κ2) is 12.6. The number of pyridine rings is 1. The summed E-state index contributed by atoms with van der Waals surface area (Å²) in [5.74, 6) is 1.63. The molecule has 0 aliphatic rings. The molecule has 2 N–H and O–H groups in total. The molecule has 37 heavy (non-hydrogen) atoms. The van der Waals surface area contributed by atoms with Crippen LogP contribution in [0.15, 0.2) is 42.6 Å². The highest BCUT2D eigenvalue weighted by Crippen LogP contribution is 2.32. The lowest BCUT2D eigenvalue weighted by atomic mass is 9.78. The van der Waals surface area contributed by atoms with E-state index in [2.05, 4.69) is 122 Å². The molecule has 1 heterocycles. The van der Waals surface area contributed by atoms with Crippen molar-refractivity contribution in [2.24, 2.45) is 0 Å². The maximum atomic E-state index is 6.12. The Morgan fingerprint density at radius 1 is 0.838 bits per heavy atom. The summed E-state index contributed by atoms with van der Waals surface area (Å²) in [6, 6.07) is 12.7. The van der Waals surface area contributed by atoms with Gasteiger partial charge in [0.2, 0.25) is 5.88 Å². The fraction of sp³-hybridized carbons (Fsp3) is 0.656. The molecule has 5 heteroatoms. The van der Waals surface area contributed by atoms with Crippen molar-refractivity contribution in [2.45, 2.75) is 117 Å². The highest BCUT2D eigenvalue weighted by Gasteiger charge is 2.26. The molecule has 0 aliphatic heterocycles. The van der Waals surface area contributed by atoms with Gasteiger partial charge in [-0.1, -0.05) is 46.8 Å². The topological polar surface area (TPSA) is 55.4 Å². The Balaban J connectivity index is 1.85. The zero-order valence-corrected chi connectivity index (χ0v) is 25.4. The van der Waals surface area contributed by atoms with Crippen LogP contribution in [-0.4, -0.2) is 41.9 Å². The second-order valence-electron chi connectivity index (χ2n) is 13.8. The molecule has 1 aromatic carbocycles. The van der Waals surface area contributed by atoms with Gasteiger partial charge in [0.15, 0.2) is 0 Å². The van der Waals surface area contributed by atoms with E-state index in [0.717, 1.165) is 31.7 Å². The summed E-state index contributed by atoms with van der Waals surface area (Å²) in [6.07, 6.45) is 4.01. The second-order valence-corrected chi connectivity index (χ2v) is 13.8. The Labute approximate surface area is 227 Å². The lowest BCUT2D eigenvalue weighted by Gasteiger charge is -2.32. The number of nitrogens with zero attached hydrogens (tertiary/aromatic N) is 1. The van der Waals surface area contributed by atoms with Crippen LogP contribution in [-0.2, 0) is 10.8 Å². The molecule has 208 valence electrons. The first-order valence-electron chi connectivity index (χ1n) is 13.8. The number of rotatable bonds is 13. The standard InChI is InChI=1S/C32H53N3O2/c1-24(23-35-30(5,6)7)37-28-22-26(15-18-33-28)31(8,9)16-17-32(10,11)34-19-20-36-27-14-12-13-25(21-27)29(2,3)4/h12-15,18,21-22,24,34-35H,16-17,19-20,23H2,1-11H3/t24-/m0/s1. The van der Waals surface area contributed by atoms with E-state index >= 15 is 0 Å². The summed E-state index contributed by atoms with van der Waals surface area (Å²) in [6.45, 7) is 26.6. The van der Waals surface area contributed by atoms with Crippen molar-refractivity contribution < 1.29 is 9.47 Å². The number of benzene rings is 1. The number of nitrogens with one attached hydrogen (secondary N) is 2. The van der Waals surface area contributed by atoms with Crippen molar-refractivity contribution in [3.63, 3.8) is 0 Å². The molecular weight excluding hydrogens is 458 g/mol. The molecule has 0 bridgehead atoms. The molecule has 0 amide bonds. The van der Waals surface area contributed by atoms with Crippen LogP contribution in [0.5, 0.6) is 11.6 Å². The van der Waals surface area contributed by atoms with Crippen molar-refractivity contribution in [3.05, 3.63) is 53.7 Å². The first-order chi connectivity index (χ1) is 17.0. The van der Waals surface area contributed by atoms with Crippen LogP contribution in [0.25, 0.3) is 0 Å². The van der Waals surface area contributed by atoms with E-state index in [1.54, 1.807) is 0 Å². The minimum atomic E-state index is 0.00733. The summed E-state index contributed by atoms with van der Waals surface area (Å²) in [4.78, 5) is 4.46. The number of hydrogen-bond donors (Lipinski definition) is 2. The van der Waals surface area contributed by atoms with Gasteiger partial charge in [0.1, 0.15) is 18.5 Å². The van der Waals surface area contributed by atoms with Gasteiger partial charge >= 0.3 is 0 Å². The molecule has 0 aliphatic carbocycles. The average Bonchev–Trinajstić information content (AvgIpc) is 2.79. The SMILES string of the molecule is C[C@@H](CNC(C)(C)C)Oc1cc(C(C)(C)CCC(C)(C)NCCOc2cccc(C(C)(C)C)c2)ccn1. The largest absolute Gasteiger partial charge is 0.492 e. The van der Waals surface area contributed by atoms with E-state index in [4.69, 9.17) is 9.47 Å². The monoisotopic (exact) mass is 511 g/mol. The van der Waals surface area contributed by atoms with Crippen molar-refractivity contribution in [3.8, 4) is 11.6 Å². The van der Waals surface area contributed by atoms with Crippen LogP contribution in [0, 0.1) is 0 Å². The predicted octanol–water partition coefficient (Wildman–Crippen LogP) is 7.04. The summed E-state index contributed by atoms with van der Waals surface area (Å²) < 4.78 is 12.2. The van der Waals surface area contributed by atoms with Gasteiger partial charge in [0.25, 0.3) is 0 Å². The fourth-order valence-corrected chi connectivity index (χ4v) is 4.06. The zero-order valence-electron chi connectivity index (χ0n) is 25.4. The van der Waals surface area contributed by atoms with Gasteiger partial charge in [-0.05, 0) is 94.5 Å². The van der Waals surface area contributed by atoms with Gasteiger partial charge < -0.3 is 20.1 Å². The molecule has 1 atom stereocenters. The van der Waals surface area contributed by atoms with E-state index in [1.165, 1.54) is 11.1 Å². The Kier molecular flexibility index (Phi) is 10.6. The molecular formula is C32H53N3O2. The Morgan fingerprint density at radius 3 is 2.19 bits per heavy atom. The van der Waals surface area contributed by atoms with Gasteiger partial charge in [0.05, 0.1) is 0 Å². The van der Waals surface area contributed by atoms with E-state index in [1.807, 2.05) is 12.3 Å². The van der Waals surface area contributed by atoms with E-state index in [-0.39, 0.29) is 28.0 Å². The molecule has 1 aromatic heterocycles. The fourth-order valence-electron chi connectivity index (χ4n) is 4.06. The molecule has 0 spiro atoms. The predicted molar refractivity (Wildman–Crippen MR) is 157 cm³/mol. The highest BCUT2D eigenvalue weighted by atomic mass is 16.5. The number of hydrogen-bond acceptors (Lipinski definition) is 5. The quantitative estimate of drug-likeness (QED) is 0.283. The third kappa shape index (κ3) is 11.4. The molecule has 0 unspecified atom stereocenters. The summed E-state index contributed by atoms with van der Waals surface area (Å²) >= 11 is 0. The number of aromatic nitrogens is 1. The molecule has 0 saturated carbocycles. The minimum absolute atomic E-state index is 0.00733. The maximum Gasteiger partial charge on any atom is 0.213 e. The van der Waals surface area contributed by atoms with Crippen LogP contribution in [0.3, 0.4) is 0 Å². The summed E-state index contributed by atoms with van der Waals surface area (Å²) in [5.41, 5.74) is 2.76. The van der Waals surface area contributed by atoms with Crippen molar-refractivity contribution in [1.29, 1.82) is 0 Å². The van der Waals surface area contributed by atoms with Crippen molar-refractivity contribution in [1.82, 2.24) is 15.6 Å². The van der Waals surface area contributed by atoms with Crippen molar-refractivity contribution in [2.75, 3.05) is 19.7 Å². The Hall–Kier alpha value is -2.11. The lowest BCUT2D eigenvalue weighted by molar-refractivity contribution is 0.195. The molecule has 0 fully saturated rings. The smallest absolute Gasteiger partial charge is 0.213 e. The average molecular weight is 512 g/mol.